The van der Waals surface area contributed by atoms with Gasteiger partial charge in [-0.3, -0.25) is 19.3 Å². The Morgan fingerprint density at radius 2 is 0.463 bits per heavy atom. The zero-order valence-electron chi connectivity index (χ0n) is 43.2. The lowest BCUT2D eigenvalue weighted by atomic mass is 9.46. The molecule has 2 atom stereocenters. The summed E-state index contributed by atoms with van der Waals surface area (Å²) in [5, 5.41) is 80.0. The maximum absolute atomic E-state index is 16.6. The minimum Gasteiger partial charge on any atom is -0.468 e. The Morgan fingerprint density at radius 1 is 0.293 bits per heavy atom. The summed E-state index contributed by atoms with van der Waals surface area (Å²) in [6.07, 6.45) is 5.88. The molecule has 0 aromatic heterocycles. The van der Waals surface area contributed by atoms with Crippen LogP contribution in [0.1, 0.15) is 67.2 Å². The van der Waals surface area contributed by atoms with Crippen molar-refractivity contribution in [1.82, 2.24) is 4.90 Å². The summed E-state index contributed by atoms with van der Waals surface area (Å²) < 4.78 is 13.0. The molecular formula is C75H24ClNO5. The van der Waals surface area contributed by atoms with Crippen molar-refractivity contribution < 1.29 is 23.9 Å². The minimum atomic E-state index is -1.04. The van der Waals surface area contributed by atoms with Crippen molar-refractivity contribution in [3.8, 4) is 0 Å². The minimum absolute atomic E-state index is 0.242. The molecule has 366 valence electrons. The van der Waals surface area contributed by atoms with Crippen molar-refractivity contribution in [2.24, 2.45) is 0 Å². The lowest BCUT2D eigenvalue weighted by molar-refractivity contribution is -0.151. The number of ether oxygens (including phenoxy) is 2. The van der Waals surface area contributed by atoms with E-state index in [1.54, 1.807) is 68.1 Å². The number of benzene rings is 18. The van der Waals surface area contributed by atoms with Crippen LogP contribution in [0.15, 0.2) is 0 Å². The lowest BCUT2D eigenvalue weighted by Crippen LogP contribution is -2.59. The van der Waals surface area contributed by atoms with Crippen LogP contribution in [0.25, 0.3) is 291 Å². The molecule has 0 amide bonds. The van der Waals surface area contributed by atoms with Gasteiger partial charge < -0.3 is 9.47 Å². The van der Waals surface area contributed by atoms with Crippen molar-refractivity contribution >= 4 is 320 Å². The number of nitrogens with zero attached hydrogens (tertiary/aromatic N) is 1. The van der Waals surface area contributed by atoms with Gasteiger partial charge in [-0.2, -0.15) is 0 Å². The van der Waals surface area contributed by atoms with Crippen LogP contribution in [-0.2, 0) is 34.7 Å². The number of rotatable bonds is 11. The lowest BCUT2D eigenvalue weighted by Gasteiger charge is -2.52. The maximum atomic E-state index is 16.6. The molecule has 33 rings (SSSR count). The summed E-state index contributed by atoms with van der Waals surface area (Å²) in [5.41, 5.74) is 3.26. The molecule has 1 saturated heterocycles. The molecule has 2 spiro atoms. The Hall–Kier alpha value is -8.68. The van der Waals surface area contributed by atoms with Gasteiger partial charge >= 0.3 is 11.9 Å². The fourth-order valence-electron chi connectivity index (χ4n) is 27.4. The van der Waals surface area contributed by atoms with Gasteiger partial charge in [0.15, 0.2) is 0 Å². The summed E-state index contributed by atoms with van der Waals surface area (Å²) in [6, 6.07) is -1.65. The fraction of sp³-hybridized carbons (Fsp3) is 0.187. The molecule has 1 heterocycles. The van der Waals surface area contributed by atoms with Gasteiger partial charge in [0.05, 0.1) is 25.0 Å². The summed E-state index contributed by atoms with van der Waals surface area (Å²) >= 11 is 5.79. The van der Waals surface area contributed by atoms with Crippen molar-refractivity contribution in [3.05, 3.63) is 22.3 Å². The van der Waals surface area contributed by atoms with E-state index in [-0.39, 0.29) is 17.2 Å². The second kappa shape index (κ2) is 8.73. The molecule has 0 bridgehead atoms. The summed E-state index contributed by atoms with van der Waals surface area (Å²) in [4.78, 5) is 47.4. The SMILES string of the molecule is COC(=O)[C@@H]1N(CCCCCCCCC(=O)Cl)[C@H](C(=O)OC)C23c4c5c6c7c8c9c(c%10c%11c2c2c4c4c%12c5c5c6c6c8c8c%13c9c9c%10c%10c%11c%11c2c2c4c4c%12c%12c5c5c6c8c6c8c%13c9c9c%10c%10c%11c2c2c4c4c%12c5c6c5c8c9c%10c2c45)C713. The van der Waals surface area contributed by atoms with Crippen LogP contribution in [0.3, 0.4) is 0 Å². The number of hydrogen-bond acceptors (Lipinski definition) is 6. The Bertz CT molecular complexity index is 7040. The van der Waals surface area contributed by atoms with E-state index in [1.165, 1.54) is 259 Å². The topological polar surface area (TPSA) is 72.9 Å². The third-order valence-corrected chi connectivity index (χ3v) is 28.0. The van der Waals surface area contributed by atoms with E-state index < -0.39 is 22.9 Å². The first-order valence-electron chi connectivity index (χ1n) is 30.4. The second-order valence-electron chi connectivity index (χ2n) is 28.7. The van der Waals surface area contributed by atoms with Crippen LogP contribution in [0.5, 0.6) is 0 Å². The molecule has 0 unspecified atom stereocenters. The summed E-state index contributed by atoms with van der Waals surface area (Å²) in [5.74, 6) is -0.483. The van der Waals surface area contributed by atoms with Crippen LogP contribution >= 0.6 is 11.6 Å². The number of likely N-dealkylation sites (tertiary alicyclic amines) is 1. The number of halogens is 1. The zero-order valence-corrected chi connectivity index (χ0v) is 43.9. The molecule has 0 radical (unpaired) electrons. The monoisotopic (exact) mass is 1050 g/mol. The van der Waals surface area contributed by atoms with E-state index in [0.29, 0.717) is 13.0 Å². The molecule has 28 aromatic carbocycles. The van der Waals surface area contributed by atoms with Crippen LogP contribution in [-0.4, -0.2) is 54.9 Å². The van der Waals surface area contributed by atoms with E-state index in [0.717, 1.165) is 38.5 Å². The Balaban J connectivity index is 0.975. The molecule has 82 heavy (non-hydrogen) atoms. The van der Waals surface area contributed by atoms with E-state index in [1.807, 2.05) is 0 Å². The smallest absolute Gasteiger partial charge is 0.324 e. The Morgan fingerprint density at radius 3 is 0.646 bits per heavy atom. The Kier molecular flexibility index (Phi) is 3.75. The number of unbranched alkanes of at least 4 members (excludes halogenated alkanes) is 5. The van der Waals surface area contributed by atoms with Crippen molar-refractivity contribution in [1.29, 1.82) is 0 Å². The average Bonchev–Trinajstić information content (AvgIpc) is 1.40. The van der Waals surface area contributed by atoms with Crippen LogP contribution < -0.4 is 0 Å². The van der Waals surface area contributed by atoms with Gasteiger partial charge in [-0.1, -0.05) is 25.7 Å². The second-order valence-corrected chi connectivity index (χ2v) is 29.1. The van der Waals surface area contributed by atoms with Gasteiger partial charge in [-0.15, -0.1) is 0 Å². The first kappa shape index (κ1) is 35.2. The predicted molar refractivity (Wildman–Crippen MR) is 335 cm³/mol. The number of carbonyl (C=O) groups is 3. The maximum Gasteiger partial charge on any atom is 0.324 e. The third kappa shape index (κ3) is 2.13. The molecule has 0 N–H and O–H groups in total. The molecule has 5 aliphatic rings. The largest absolute Gasteiger partial charge is 0.468 e. The summed E-state index contributed by atoms with van der Waals surface area (Å²) in [7, 11) is 3.24. The van der Waals surface area contributed by atoms with Gasteiger partial charge in [0.25, 0.3) is 0 Å². The summed E-state index contributed by atoms with van der Waals surface area (Å²) in [6.45, 7) is 0.547. The fourth-order valence-corrected chi connectivity index (χ4v) is 27.5. The van der Waals surface area contributed by atoms with Crippen LogP contribution in [0.4, 0.5) is 0 Å². The van der Waals surface area contributed by atoms with Crippen molar-refractivity contribution in [2.75, 3.05) is 20.8 Å². The van der Waals surface area contributed by atoms with Crippen molar-refractivity contribution in [2.45, 2.75) is 67.9 Å². The highest BCUT2D eigenvalue weighted by Gasteiger charge is 2.82. The molecule has 28 aromatic rings. The van der Waals surface area contributed by atoms with Gasteiger partial charge in [-0.25, -0.2) is 0 Å². The standard InChI is InChI=1S/C75H24ClNO5/c1-81-72(79)70-74-66-58-50-40-30-22-14-12-13-16-20-18(14)26-34-28(20)38-32-24(16)25-17(13)21-19-15(12)23(22)31-37-27(19)35-29(21)39-33(25)43-42(32)52-46(38)56-48(34)54(44(50)36(26)30)62(66)64(56)68-60(52)61-53(43)47(39)57-49(35)55-45(37)51(41(31)40)59(58)67(74)63(55)65(57)69(61)75(68,74)71(73(80)82-2)77(70)10-8-6-4-3-5-7-9-11(76)78/h70-71H,3-10H2,1-2H3/t70-,71+,74?,75?. The predicted octanol–water partition coefficient (Wildman–Crippen LogP) is 18.2. The van der Waals surface area contributed by atoms with E-state index >= 15 is 9.59 Å². The molecule has 7 heteroatoms. The molecular weight excluding hydrogens is 1030 g/mol. The van der Waals surface area contributed by atoms with Gasteiger partial charge in [-0.05, 0) is 344 Å². The van der Waals surface area contributed by atoms with Crippen LogP contribution in [0, 0.1) is 0 Å². The van der Waals surface area contributed by atoms with Gasteiger partial charge in [0.2, 0.25) is 5.24 Å². The molecule has 0 saturated carbocycles. The third-order valence-electron chi connectivity index (χ3n) is 27.8. The van der Waals surface area contributed by atoms with Crippen molar-refractivity contribution in [3.63, 3.8) is 0 Å². The molecule has 1 aliphatic heterocycles. The molecule has 1 fully saturated rings. The van der Waals surface area contributed by atoms with E-state index in [4.69, 9.17) is 21.1 Å². The quantitative estimate of drug-likeness (QED) is 0.0556. The van der Waals surface area contributed by atoms with Crippen LogP contribution in [0.2, 0.25) is 0 Å². The first-order chi connectivity index (χ1) is 40.5. The number of carbonyl (C=O) groups excluding carboxylic acids is 3. The number of methoxy groups -OCH3 is 2. The highest BCUT2D eigenvalue weighted by Crippen LogP contribution is 2.87. The van der Waals surface area contributed by atoms with Gasteiger partial charge in [0, 0.05) is 6.42 Å². The first-order valence-corrected chi connectivity index (χ1v) is 30.7. The van der Waals surface area contributed by atoms with Gasteiger partial charge in [0.1, 0.15) is 12.1 Å². The zero-order chi connectivity index (χ0) is 51.0. The average molecular weight is 1050 g/mol. The normalized spacial score (nSPS) is 22.9. The van der Waals surface area contributed by atoms with E-state index in [2.05, 4.69) is 4.90 Å². The molecule has 4 aliphatic carbocycles. The number of esters is 2. The molecule has 6 nitrogen and oxygen atoms in total. The Labute approximate surface area is 456 Å². The van der Waals surface area contributed by atoms with E-state index in [9.17, 15) is 4.79 Å². The highest BCUT2D eigenvalue weighted by molar-refractivity contribution is 6.82. The number of hydrogen-bond donors (Lipinski definition) is 0. The highest BCUT2D eigenvalue weighted by atomic mass is 35.5.